The van der Waals surface area contributed by atoms with Crippen LogP contribution in [0.5, 0.6) is 23.0 Å². The lowest BCUT2D eigenvalue weighted by Crippen LogP contribution is -2.65. The van der Waals surface area contributed by atoms with Gasteiger partial charge in [-0.1, -0.05) is 47.5 Å². The van der Waals surface area contributed by atoms with E-state index in [2.05, 4.69) is 28.8 Å². The van der Waals surface area contributed by atoms with Gasteiger partial charge >= 0.3 is 0 Å². The Kier molecular flexibility index (Phi) is 9.23. The Morgan fingerprint density at radius 3 is 2.39 bits per heavy atom. The lowest BCUT2D eigenvalue weighted by molar-refractivity contribution is -0.129. The molecule has 2 N–H and O–H groups in total. The molecule has 1 saturated carbocycles. The number of ether oxygens (including phenoxy) is 4. The first-order valence-corrected chi connectivity index (χ1v) is 15.7. The van der Waals surface area contributed by atoms with Crippen LogP contribution in [-0.2, 0) is 16.9 Å². The second kappa shape index (κ2) is 13.3. The van der Waals surface area contributed by atoms with E-state index in [1.54, 1.807) is 32.4 Å². The van der Waals surface area contributed by atoms with Gasteiger partial charge in [0.15, 0.2) is 0 Å². The van der Waals surface area contributed by atoms with E-state index in [0.717, 1.165) is 53.3 Å². The molecule has 2 bridgehead atoms. The lowest BCUT2D eigenvalue weighted by Gasteiger charge is -2.47. The van der Waals surface area contributed by atoms with Crippen LogP contribution in [0.3, 0.4) is 0 Å². The van der Waals surface area contributed by atoms with Crippen LogP contribution in [0.25, 0.3) is 0 Å². The monoisotopic (exact) mass is 637 g/mol. The number of methoxy groups -OCH3 is 2. The minimum atomic E-state index is -0.303. The summed E-state index contributed by atoms with van der Waals surface area (Å²) in [6.07, 6.45) is 4.90. The molecule has 0 aromatic heterocycles. The van der Waals surface area contributed by atoms with Gasteiger partial charge in [0.1, 0.15) is 41.2 Å². The first-order chi connectivity index (χ1) is 21.4. The molecule has 2 atom stereocenters. The van der Waals surface area contributed by atoms with Crippen molar-refractivity contribution in [2.24, 2.45) is 0 Å². The summed E-state index contributed by atoms with van der Waals surface area (Å²) in [4.78, 5) is 16.0. The minimum Gasteiger partial charge on any atom is -0.497 e. The highest BCUT2D eigenvalue weighted by Gasteiger charge is 2.44. The molecule has 2 fully saturated rings. The van der Waals surface area contributed by atoms with E-state index < -0.39 is 0 Å². The number of halogens is 2. The predicted octanol–water partition coefficient (Wildman–Crippen LogP) is 5.75. The van der Waals surface area contributed by atoms with Crippen molar-refractivity contribution in [3.05, 3.63) is 93.5 Å². The Bertz CT molecular complexity index is 1510. The molecule has 3 aliphatic rings. The van der Waals surface area contributed by atoms with E-state index >= 15 is 0 Å². The maximum absolute atomic E-state index is 14.0. The van der Waals surface area contributed by atoms with Gasteiger partial charge in [0.05, 0.1) is 30.8 Å². The van der Waals surface area contributed by atoms with Gasteiger partial charge < -0.3 is 29.2 Å². The molecule has 2 heterocycles. The summed E-state index contributed by atoms with van der Waals surface area (Å²) >= 11 is 12.2. The molecule has 0 radical (unpaired) electrons. The zero-order valence-electron chi connectivity index (χ0n) is 24.9. The predicted molar refractivity (Wildman–Crippen MR) is 171 cm³/mol. The topological polar surface area (TPSA) is 81.3 Å². The molecule has 44 heavy (non-hydrogen) atoms. The fourth-order valence-corrected chi connectivity index (χ4v) is 6.35. The fraction of sp³-hybridized carbons (Fsp3) is 0.382. The van der Waals surface area contributed by atoms with Crippen molar-refractivity contribution in [3.8, 4) is 23.0 Å². The smallest absolute Gasteiger partial charge is 0.251 e. The zero-order valence-corrected chi connectivity index (χ0v) is 26.4. The third kappa shape index (κ3) is 6.64. The SMILES string of the molecule is COc1cc(CN(C(=O)C2=CCC3(c4ccc(OCCOc5cccc(Cl)c5Cl)cc4)CNCC2N3)C2CC2)cc(OC)c1. The highest BCUT2D eigenvalue weighted by atomic mass is 35.5. The number of nitrogens with zero attached hydrogens (tertiary/aromatic N) is 1. The van der Waals surface area contributed by atoms with Crippen LogP contribution in [0.1, 0.15) is 30.4 Å². The summed E-state index contributed by atoms with van der Waals surface area (Å²) in [6.45, 7) is 2.68. The average molecular weight is 639 g/mol. The van der Waals surface area contributed by atoms with Crippen molar-refractivity contribution >= 4 is 29.1 Å². The Morgan fingerprint density at radius 2 is 1.68 bits per heavy atom. The van der Waals surface area contributed by atoms with Gasteiger partial charge in [-0.3, -0.25) is 10.1 Å². The quantitative estimate of drug-likeness (QED) is 0.245. The van der Waals surface area contributed by atoms with Gasteiger partial charge in [-0.25, -0.2) is 0 Å². The molecule has 6 rings (SSSR count). The number of nitrogens with one attached hydrogen (secondary N) is 2. The average Bonchev–Trinajstić information content (AvgIpc) is 3.89. The molecule has 8 nitrogen and oxygen atoms in total. The fourth-order valence-electron chi connectivity index (χ4n) is 6.00. The Hall–Kier alpha value is -3.43. The number of hydrogen-bond donors (Lipinski definition) is 2. The summed E-state index contributed by atoms with van der Waals surface area (Å²) in [5.41, 5.74) is 2.66. The summed E-state index contributed by atoms with van der Waals surface area (Å²) < 4.78 is 22.5. The largest absolute Gasteiger partial charge is 0.497 e. The zero-order chi connectivity index (χ0) is 30.7. The van der Waals surface area contributed by atoms with Crippen LogP contribution < -0.4 is 29.6 Å². The number of carbonyl (C=O) groups is 1. The molecule has 1 saturated heterocycles. The second-order valence-corrected chi connectivity index (χ2v) is 12.2. The van der Waals surface area contributed by atoms with Crippen molar-refractivity contribution in [1.29, 1.82) is 0 Å². The van der Waals surface area contributed by atoms with E-state index in [4.69, 9.17) is 42.1 Å². The first kappa shape index (κ1) is 30.6. The Balaban J connectivity index is 1.10. The number of carbonyl (C=O) groups excluding carboxylic acids is 1. The molecule has 1 amide bonds. The summed E-state index contributed by atoms with van der Waals surface area (Å²) in [6, 6.07) is 19.4. The van der Waals surface area contributed by atoms with Crippen LogP contribution in [0, 0.1) is 0 Å². The maximum Gasteiger partial charge on any atom is 0.251 e. The highest BCUT2D eigenvalue weighted by molar-refractivity contribution is 6.42. The third-order valence-corrected chi connectivity index (χ3v) is 9.27. The molecular weight excluding hydrogens is 601 g/mol. The van der Waals surface area contributed by atoms with E-state index in [1.165, 1.54) is 0 Å². The Morgan fingerprint density at radius 1 is 0.955 bits per heavy atom. The van der Waals surface area contributed by atoms with Crippen LogP contribution in [0.4, 0.5) is 0 Å². The number of hydrogen-bond acceptors (Lipinski definition) is 7. The molecular formula is C34H37Cl2N3O5. The van der Waals surface area contributed by atoms with Crippen LogP contribution >= 0.6 is 23.2 Å². The first-order valence-electron chi connectivity index (χ1n) is 14.9. The minimum absolute atomic E-state index is 0.0857. The van der Waals surface area contributed by atoms with Gasteiger partial charge in [0.2, 0.25) is 0 Å². The molecule has 2 aliphatic heterocycles. The molecule has 2 unspecified atom stereocenters. The molecule has 10 heteroatoms. The summed E-state index contributed by atoms with van der Waals surface area (Å²) in [5.74, 6) is 2.81. The number of benzene rings is 3. The number of amides is 1. The van der Waals surface area contributed by atoms with Gasteiger partial charge in [0, 0.05) is 37.3 Å². The van der Waals surface area contributed by atoms with Crippen molar-refractivity contribution in [2.45, 2.75) is 43.4 Å². The molecule has 3 aromatic rings. The normalized spacial score (nSPS) is 20.8. The van der Waals surface area contributed by atoms with E-state index in [0.29, 0.717) is 48.5 Å². The van der Waals surface area contributed by atoms with Crippen molar-refractivity contribution < 1.29 is 23.7 Å². The van der Waals surface area contributed by atoms with Crippen molar-refractivity contribution in [3.63, 3.8) is 0 Å². The van der Waals surface area contributed by atoms with E-state index in [-0.39, 0.29) is 23.5 Å². The number of fused-ring (bicyclic) bond motifs is 2. The van der Waals surface area contributed by atoms with Gasteiger partial charge in [-0.05, 0) is 66.8 Å². The molecule has 1 aliphatic carbocycles. The van der Waals surface area contributed by atoms with Crippen LogP contribution in [0.15, 0.2) is 72.3 Å². The molecule has 3 aromatic carbocycles. The van der Waals surface area contributed by atoms with Crippen LogP contribution in [0.2, 0.25) is 10.0 Å². The van der Waals surface area contributed by atoms with E-state index in [1.807, 2.05) is 35.2 Å². The molecule has 0 spiro atoms. The number of piperazine rings is 1. The number of rotatable bonds is 12. The van der Waals surface area contributed by atoms with E-state index in [9.17, 15) is 4.79 Å². The van der Waals surface area contributed by atoms with Gasteiger partial charge in [-0.15, -0.1) is 0 Å². The lowest BCUT2D eigenvalue weighted by atomic mass is 9.78. The maximum atomic E-state index is 14.0. The third-order valence-electron chi connectivity index (χ3n) is 8.46. The summed E-state index contributed by atoms with van der Waals surface area (Å²) in [5, 5.41) is 8.26. The Labute approximate surface area is 268 Å². The second-order valence-electron chi connectivity index (χ2n) is 11.4. The van der Waals surface area contributed by atoms with Crippen molar-refractivity contribution in [2.75, 3.05) is 40.5 Å². The molecule has 232 valence electrons. The van der Waals surface area contributed by atoms with Gasteiger partial charge in [0.25, 0.3) is 5.91 Å². The highest BCUT2D eigenvalue weighted by Crippen LogP contribution is 2.37. The summed E-state index contributed by atoms with van der Waals surface area (Å²) in [7, 11) is 3.28. The van der Waals surface area contributed by atoms with Crippen LogP contribution in [-0.4, -0.2) is 63.4 Å². The van der Waals surface area contributed by atoms with Crippen molar-refractivity contribution in [1.82, 2.24) is 15.5 Å². The van der Waals surface area contributed by atoms with Gasteiger partial charge in [-0.2, -0.15) is 0 Å². The standard InChI is InChI=1S/C34H37Cl2N3O5/c1-41-26-16-22(17-27(18-26)42-2)20-39(24-8-9-24)33(40)28-12-13-34(21-37-19-30(28)38-34)23-6-10-25(11-7-23)43-14-15-44-31-5-3-4-29(35)32(31)36/h3-7,10-12,16-18,24,30,37-38H,8-9,13-15,19-21H2,1-2H3.